The van der Waals surface area contributed by atoms with Crippen molar-refractivity contribution >= 4 is 28.3 Å². The molecule has 1 aliphatic rings. The number of hydrogen-bond acceptors (Lipinski definition) is 5. The fourth-order valence-corrected chi connectivity index (χ4v) is 4.16. The molecule has 7 heteroatoms. The Hall–Kier alpha value is -2.28. The van der Waals surface area contributed by atoms with Crippen molar-refractivity contribution in [3.8, 4) is 0 Å². The van der Waals surface area contributed by atoms with Gasteiger partial charge in [0.25, 0.3) is 0 Å². The van der Waals surface area contributed by atoms with Crippen LogP contribution in [-0.4, -0.2) is 35.1 Å². The van der Waals surface area contributed by atoms with E-state index in [-0.39, 0.29) is 24.2 Å². The molecule has 1 aromatic heterocycles. The normalized spacial score (nSPS) is 16.7. The lowest BCUT2D eigenvalue weighted by molar-refractivity contribution is -0.126. The maximum atomic E-state index is 12.4. The van der Waals surface area contributed by atoms with E-state index in [1.807, 2.05) is 18.2 Å². The minimum absolute atomic E-state index is 0.0381. The average Bonchev–Trinajstić information content (AvgIpc) is 3.29. The summed E-state index contributed by atoms with van der Waals surface area (Å²) in [4.78, 5) is 26.3. The highest BCUT2D eigenvalue weighted by atomic mass is 32.1. The Morgan fingerprint density at radius 1 is 1.22 bits per heavy atom. The van der Waals surface area contributed by atoms with Crippen molar-refractivity contribution in [1.29, 1.82) is 0 Å². The molecule has 0 aliphatic carbocycles. The van der Waals surface area contributed by atoms with Gasteiger partial charge in [0.2, 0.25) is 16.9 Å². The molecular formula is C20H26N4O2S. The van der Waals surface area contributed by atoms with Crippen LogP contribution in [0.25, 0.3) is 0 Å². The lowest BCUT2D eigenvalue weighted by Crippen LogP contribution is -2.33. The number of hydrogen-bond donors (Lipinski definition) is 1. The number of carbonyl (C=O) groups is 2. The molecule has 0 bridgehead atoms. The van der Waals surface area contributed by atoms with Crippen molar-refractivity contribution in [2.75, 3.05) is 18.0 Å². The Labute approximate surface area is 164 Å². The number of nitrogens with zero attached hydrogens (tertiary/aromatic N) is 3. The topological polar surface area (TPSA) is 75.2 Å². The molecule has 0 saturated carbocycles. The Morgan fingerprint density at radius 2 is 2.04 bits per heavy atom. The first-order valence-electron chi connectivity index (χ1n) is 9.61. The zero-order chi connectivity index (χ0) is 19.1. The van der Waals surface area contributed by atoms with Gasteiger partial charge in [-0.2, -0.15) is 0 Å². The fraction of sp³-hybridized carbons (Fsp3) is 0.500. The largest absolute Gasteiger partial charge is 0.356 e. The monoisotopic (exact) mass is 386 g/mol. The number of benzene rings is 1. The Bertz CT molecular complexity index is 762. The molecular weight excluding hydrogens is 360 g/mol. The summed E-state index contributed by atoms with van der Waals surface area (Å²) in [5.41, 5.74) is 1.32. The molecule has 1 N–H and O–H groups in total. The zero-order valence-electron chi connectivity index (χ0n) is 15.7. The number of nitrogens with one attached hydrogen (secondary N) is 1. The van der Waals surface area contributed by atoms with Gasteiger partial charge in [0.15, 0.2) is 0 Å². The van der Waals surface area contributed by atoms with Gasteiger partial charge in [-0.25, -0.2) is 0 Å². The van der Waals surface area contributed by atoms with E-state index < -0.39 is 0 Å². The summed E-state index contributed by atoms with van der Waals surface area (Å²) < 4.78 is 0. The first-order chi connectivity index (χ1) is 13.2. The SMILES string of the molecule is CCCc1nnc(N2CC(C(=O)NCCCCc3ccccc3)CC2=O)s1. The third kappa shape index (κ3) is 5.35. The van der Waals surface area contributed by atoms with Crippen LogP contribution in [0.1, 0.15) is 43.2 Å². The highest BCUT2D eigenvalue weighted by molar-refractivity contribution is 7.15. The third-order valence-electron chi connectivity index (χ3n) is 4.68. The lowest BCUT2D eigenvalue weighted by atomic mass is 10.1. The molecule has 2 heterocycles. The summed E-state index contributed by atoms with van der Waals surface area (Å²) in [7, 11) is 0. The molecule has 1 saturated heterocycles. The van der Waals surface area contributed by atoms with E-state index in [1.54, 1.807) is 4.90 Å². The van der Waals surface area contributed by atoms with Crippen molar-refractivity contribution < 1.29 is 9.59 Å². The van der Waals surface area contributed by atoms with Crippen LogP contribution in [0.5, 0.6) is 0 Å². The first kappa shape index (κ1) is 19.5. The maximum Gasteiger partial charge on any atom is 0.229 e. The van der Waals surface area contributed by atoms with E-state index in [2.05, 4.69) is 34.6 Å². The molecule has 27 heavy (non-hydrogen) atoms. The Kier molecular flexibility index (Phi) is 6.92. The Balaban J connectivity index is 1.40. The molecule has 2 aromatic rings. The highest BCUT2D eigenvalue weighted by Crippen LogP contribution is 2.28. The van der Waals surface area contributed by atoms with Gasteiger partial charge in [-0.15, -0.1) is 10.2 Å². The van der Waals surface area contributed by atoms with Crippen LogP contribution in [-0.2, 0) is 22.4 Å². The van der Waals surface area contributed by atoms with Gasteiger partial charge in [-0.1, -0.05) is 48.6 Å². The summed E-state index contributed by atoms with van der Waals surface area (Å²) in [5.74, 6) is -0.382. The van der Waals surface area contributed by atoms with Crippen LogP contribution in [0.3, 0.4) is 0 Å². The van der Waals surface area contributed by atoms with Crippen LogP contribution >= 0.6 is 11.3 Å². The number of amides is 2. The average molecular weight is 387 g/mol. The van der Waals surface area contributed by atoms with Crippen molar-refractivity contribution in [3.05, 3.63) is 40.9 Å². The summed E-state index contributed by atoms with van der Waals surface area (Å²) in [6.07, 6.45) is 5.10. The summed E-state index contributed by atoms with van der Waals surface area (Å²) >= 11 is 1.45. The quantitative estimate of drug-likeness (QED) is 0.672. The second-order valence-corrected chi connectivity index (χ2v) is 7.91. The molecule has 1 aliphatic heterocycles. The van der Waals surface area contributed by atoms with Gasteiger partial charge in [0, 0.05) is 25.9 Å². The zero-order valence-corrected chi connectivity index (χ0v) is 16.5. The van der Waals surface area contributed by atoms with Crippen molar-refractivity contribution in [3.63, 3.8) is 0 Å². The highest BCUT2D eigenvalue weighted by Gasteiger charge is 2.36. The van der Waals surface area contributed by atoms with Gasteiger partial charge in [0.1, 0.15) is 5.01 Å². The van der Waals surface area contributed by atoms with Gasteiger partial charge >= 0.3 is 0 Å². The summed E-state index contributed by atoms with van der Waals surface area (Å²) in [6.45, 7) is 3.13. The van der Waals surface area contributed by atoms with Gasteiger partial charge < -0.3 is 5.32 Å². The van der Waals surface area contributed by atoms with Gasteiger partial charge in [-0.3, -0.25) is 14.5 Å². The van der Waals surface area contributed by atoms with Crippen LogP contribution in [0, 0.1) is 5.92 Å². The van der Waals surface area contributed by atoms with E-state index in [0.717, 1.165) is 37.1 Å². The molecule has 1 aromatic carbocycles. The van der Waals surface area contributed by atoms with Crippen molar-refractivity contribution in [2.24, 2.45) is 5.92 Å². The number of aryl methyl sites for hydroxylation is 2. The van der Waals surface area contributed by atoms with Gasteiger partial charge in [0.05, 0.1) is 5.92 Å². The molecule has 144 valence electrons. The lowest BCUT2D eigenvalue weighted by Gasteiger charge is -2.12. The van der Waals surface area contributed by atoms with Crippen molar-refractivity contribution in [2.45, 2.75) is 45.4 Å². The molecule has 3 rings (SSSR count). The third-order valence-corrected chi connectivity index (χ3v) is 5.69. The minimum Gasteiger partial charge on any atom is -0.356 e. The van der Waals surface area contributed by atoms with Crippen LogP contribution < -0.4 is 10.2 Å². The molecule has 2 amide bonds. The van der Waals surface area contributed by atoms with Crippen LogP contribution in [0.4, 0.5) is 5.13 Å². The summed E-state index contributed by atoms with van der Waals surface area (Å²) in [6, 6.07) is 10.3. The fourth-order valence-electron chi connectivity index (χ4n) is 3.19. The summed E-state index contributed by atoms with van der Waals surface area (Å²) in [5, 5.41) is 12.8. The van der Waals surface area contributed by atoms with E-state index in [4.69, 9.17) is 0 Å². The second kappa shape index (κ2) is 9.60. The van der Waals surface area contributed by atoms with E-state index in [1.165, 1.54) is 16.9 Å². The molecule has 6 nitrogen and oxygen atoms in total. The number of carbonyl (C=O) groups excluding carboxylic acids is 2. The first-order valence-corrected chi connectivity index (χ1v) is 10.4. The molecule has 1 unspecified atom stereocenters. The number of anilines is 1. The number of unbranched alkanes of at least 4 members (excludes halogenated alkanes) is 1. The van der Waals surface area contributed by atoms with E-state index >= 15 is 0 Å². The standard InChI is InChI=1S/C20H26N4O2S/c1-2-8-17-22-23-20(27-17)24-14-16(13-18(24)25)19(26)21-12-7-6-11-15-9-4-3-5-10-15/h3-5,9-10,16H,2,6-8,11-14H2,1H3,(H,21,26). The van der Waals surface area contributed by atoms with E-state index in [9.17, 15) is 9.59 Å². The smallest absolute Gasteiger partial charge is 0.229 e. The Morgan fingerprint density at radius 3 is 2.81 bits per heavy atom. The minimum atomic E-state index is -0.301. The number of rotatable bonds is 9. The molecule has 0 radical (unpaired) electrons. The van der Waals surface area contributed by atoms with E-state index in [0.29, 0.717) is 18.2 Å². The predicted octanol–water partition coefficient (Wildman–Crippen LogP) is 2.98. The predicted molar refractivity (Wildman–Crippen MR) is 107 cm³/mol. The van der Waals surface area contributed by atoms with Crippen LogP contribution in [0.15, 0.2) is 30.3 Å². The molecule has 1 atom stereocenters. The number of aromatic nitrogens is 2. The maximum absolute atomic E-state index is 12.4. The van der Waals surface area contributed by atoms with Crippen LogP contribution in [0.2, 0.25) is 0 Å². The van der Waals surface area contributed by atoms with Crippen molar-refractivity contribution in [1.82, 2.24) is 15.5 Å². The molecule has 0 spiro atoms. The van der Waals surface area contributed by atoms with Gasteiger partial charge in [-0.05, 0) is 31.2 Å². The second-order valence-electron chi connectivity index (χ2n) is 6.87. The molecule has 1 fully saturated rings.